The lowest BCUT2D eigenvalue weighted by molar-refractivity contribution is -0.0503. The molecule has 0 bridgehead atoms. The normalized spacial score (nSPS) is 12.7. The summed E-state index contributed by atoms with van der Waals surface area (Å²) in [4.78, 5) is 6.43. The summed E-state index contributed by atoms with van der Waals surface area (Å²) in [6, 6.07) is 6.69. The van der Waals surface area contributed by atoms with E-state index in [4.69, 9.17) is 5.26 Å². The second-order valence-electron chi connectivity index (χ2n) is 5.15. The van der Waals surface area contributed by atoms with Crippen molar-refractivity contribution in [3.8, 4) is 17.8 Å². The Kier molecular flexibility index (Phi) is 6.23. The molecule has 0 fully saturated rings. The average molecular weight is 492 g/mol. The molecule has 0 aliphatic carbocycles. The van der Waals surface area contributed by atoms with Gasteiger partial charge < -0.3 is 13.7 Å². The highest BCUT2D eigenvalue weighted by Crippen LogP contribution is 2.31. The SMILES string of the molecule is N#Cc1ccc(Nc2nc(OS(=O)(=O)C(F)(F)F)cc(OS(=O)(=O)C(F)(F)F)n2)cc1. The van der Waals surface area contributed by atoms with E-state index in [-0.39, 0.29) is 17.3 Å². The van der Waals surface area contributed by atoms with E-state index in [9.17, 15) is 43.2 Å². The van der Waals surface area contributed by atoms with E-state index in [0.29, 0.717) is 0 Å². The van der Waals surface area contributed by atoms with Crippen molar-refractivity contribution in [3.63, 3.8) is 0 Å². The minimum Gasteiger partial charge on any atom is -0.355 e. The Morgan fingerprint density at radius 3 is 1.61 bits per heavy atom. The summed E-state index contributed by atoms with van der Waals surface area (Å²) < 4.78 is 127. The Morgan fingerprint density at radius 1 is 0.839 bits per heavy atom. The van der Waals surface area contributed by atoms with Crippen molar-refractivity contribution >= 4 is 31.9 Å². The lowest BCUT2D eigenvalue weighted by Crippen LogP contribution is -2.29. The van der Waals surface area contributed by atoms with Crippen molar-refractivity contribution < 1.29 is 51.5 Å². The lowest BCUT2D eigenvalue weighted by Gasteiger charge is -2.13. The van der Waals surface area contributed by atoms with Crippen molar-refractivity contribution in [2.75, 3.05) is 5.32 Å². The van der Waals surface area contributed by atoms with E-state index in [2.05, 4.69) is 23.7 Å². The Labute approximate surface area is 169 Å². The maximum Gasteiger partial charge on any atom is 0.534 e. The third-order valence-corrected chi connectivity index (χ3v) is 4.82. The van der Waals surface area contributed by atoms with Gasteiger partial charge in [0.1, 0.15) is 0 Å². The summed E-state index contributed by atoms with van der Waals surface area (Å²) in [6.45, 7) is 0. The maximum atomic E-state index is 12.5. The van der Waals surface area contributed by atoms with Crippen LogP contribution >= 0.6 is 0 Å². The quantitative estimate of drug-likeness (QED) is 0.362. The predicted molar refractivity (Wildman–Crippen MR) is 87.7 cm³/mol. The maximum absolute atomic E-state index is 12.5. The van der Waals surface area contributed by atoms with E-state index < -0.39 is 49.0 Å². The summed E-state index contributed by atoms with van der Waals surface area (Å²) in [5, 5.41) is 11.0. The predicted octanol–water partition coefficient (Wildman–Crippen LogP) is 2.55. The number of hydrogen-bond acceptors (Lipinski definition) is 10. The van der Waals surface area contributed by atoms with E-state index in [1.54, 1.807) is 6.07 Å². The molecule has 1 N–H and O–H groups in total. The molecule has 0 saturated heterocycles. The van der Waals surface area contributed by atoms with Crippen molar-refractivity contribution in [2.45, 2.75) is 11.0 Å². The average Bonchev–Trinajstić information content (AvgIpc) is 2.59. The van der Waals surface area contributed by atoms with Gasteiger partial charge >= 0.3 is 31.3 Å². The third-order valence-electron chi connectivity index (χ3n) is 2.91. The molecule has 1 aromatic heterocycles. The molecule has 0 saturated carbocycles. The summed E-state index contributed by atoms with van der Waals surface area (Å²) in [5.41, 5.74) is -11.7. The Bertz CT molecular complexity index is 1160. The van der Waals surface area contributed by atoms with Crippen LogP contribution in [0.2, 0.25) is 0 Å². The molecule has 168 valence electrons. The van der Waals surface area contributed by atoms with Gasteiger partial charge in [-0.05, 0) is 24.3 Å². The van der Waals surface area contributed by atoms with Crippen LogP contribution < -0.4 is 13.7 Å². The number of nitrogens with one attached hydrogen (secondary N) is 1. The minimum absolute atomic E-state index is 0.0173. The number of aromatic nitrogens is 2. The van der Waals surface area contributed by atoms with Crippen molar-refractivity contribution in [3.05, 3.63) is 35.9 Å². The van der Waals surface area contributed by atoms with Crippen LogP contribution in [0.4, 0.5) is 38.0 Å². The van der Waals surface area contributed by atoms with E-state index in [1.165, 1.54) is 24.3 Å². The zero-order chi connectivity index (χ0) is 23.7. The molecule has 0 unspecified atom stereocenters. The molecule has 31 heavy (non-hydrogen) atoms. The van der Waals surface area contributed by atoms with Gasteiger partial charge in [-0.1, -0.05) is 0 Å². The fraction of sp³-hybridized carbons (Fsp3) is 0.154. The molecule has 0 spiro atoms. The highest BCUT2D eigenvalue weighted by Gasteiger charge is 2.50. The second kappa shape index (κ2) is 8.07. The molecule has 2 aromatic rings. The number of benzene rings is 1. The van der Waals surface area contributed by atoms with Crippen LogP contribution in [0.15, 0.2) is 30.3 Å². The molecule has 0 aliphatic rings. The Morgan fingerprint density at radius 2 is 1.26 bits per heavy atom. The summed E-state index contributed by atoms with van der Waals surface area (Å²) >= 11 is 0. The Balaban J connectivity index is 2.49. The zero-order valence-electron chi connectivity index (χ0n) is 14.3. The number of anilines is 2. The lowest BCUT2D eigenvalue weighted by atomic mass is 10.2. The monoisotopic (exact) mass is 492 g/mol. The van der Waals surface area contributed by atoms with Crippen LogP contribution in [0, 0.1) is 11.3 Å². The van der Waals surface area contributed by atoms with Crippen LogP contribution in [-0.2, 0) is 20.2 Å². The smallest absolute Gasteiger partial charge is 0.355 e. The first kappa shape index (κ1) is 23.9. The van der Waals surface area contributed by atoms with Crippen LogP contribution in [0.5, 0.6) is 11.8 Å². The van der Waals surface area contributed by atoms with Crippen LogP contribution in [0.3, 0.4) is 0 Å². The standard InChI is InChI=1S/C13H6F6N4O6S2/c14-12(15,16)30(24,25)28-9-5-10(29-31(26,27)13(17,18)19)23-11(22-9)21-8-3-1-7(6-20)2-4-8/h1-5H,(H,21,22,23). The van der Waals surface area contributed by atoms with Gasteiger partial charge in [-0.3, -0.25) is 0 Å². The molecule has 1 heterocycles. The molecule has 0 radical (unpaired) electrons. The Hall–Kier alpha value is -3.33. The van der Waals surface area contributed by atoms with Gasteiger partial charge in [0.2, 0.25) is 17.7 Å². The number of halogens is 6. The molecule has 2 rings (SSSR count). The van der Waals surface area contributed by atoms with Gasteiger partial charge in [0.05, 0.1) is 17.7 Å². The molecular weight excluding hydrogens is 486 g/mol. The van der Waals surface area contributed by atoms with Crippen molar-refractivity contribution in [1.82, 2.24) is 9.97 Å². The molecule has 0 atom stereocenters. The number of nitrogens with zero attached hydrogens (tertiary/aromatic N) is 3. The molecule has 10 nitrogen and oxygen atoms in total. The number of alkyl halides is 6. The van der Waals surface area contributed by atoms with Gasteiger partial charge in [-0.2, -0.15) is 58.4 Å². The van der Waals surface area contributed by atoms with Gasteiger partial charge in [0.15, 0.2) is 0 Å². The van der Waals surface area contributed by atoms with Crippen LogP contribution in [0.25, 0.3) is 0 Å². The summed E-state index contributed by atoms with van der Waals surface area (Å²) in [5.74, 6) is -3.90. The van der Waals surface area contributed by atoms with Crippen LogP contribution in [0.1, 0.15) is 5.56 Å². The number of nitriles is 1. The number of rotatable bonds is 6. The topological polar surface area (TPSA) is 148 Å². The van der Waals surface area contributed by atoms with Gasteiger partial charge in [0.25, 0.3) is 0 Å². The van der Waals surface area contributed by atoms with Gasteiger partial charge in [-0.15, -0.1) is 0 Å². The first-order valence-electron chi connectivity index (χ1n) is 7.22. The van der Waals surface area contributed by atoms with Crippen LogP contribution in [-0.4, -0.2) is 37.8 Å². The highest BCUT2D eigenvalue weighted by molar-refractivity contribution is 7.88. The fourth-order valence-electron chi connectivity index (χ4n) is 1.62. The van der Waals surface area contributed by atoms with E-state index in [1.807, 2.05) is 0 Å². The molecule has 0 aliphatic heterocycles. The fourth-order valence-corrected chi connectivity index (χ4v) is 2.43. The molecule has 18 heteroatoms. The number of hydrogen-bond donors (Lipinski definition) is 1. The summed E-state index contributed by atoms with van der Waals surface area (Å²) in [7, 11) is -12.6. The van der Waals surface area contributed by atoms with Crippen molar-refractivity contribution in [2.24, 2.45) is 0 Å². The van der Waals surface area contributed by atoms with Gasteiger partial charge in [-0.25, -0.2) is 0 Å². The van der Waals surface area contributed by atoms with E-state index in [0.717, 1.165) is 0 Å². The second-order valence-corrected chi connectivity index (χ2v) is 8.22. The summed E-state index contributed by atoms with van der Waals surface area (Å²) in [6.07, 6.45) is 0. The first-order valence-corrected chi connectivity index (χ1v) is 10.0. The largest absolute Gasteiger partial charge is 0.534 e. The van der Waals surface area contributed by atoms with Crippen molar-refractivity contribution in [1.29, 1.82) is 5.26 Å². The third kappa shape index (κ3) is 5.85. The molecule has 1 aromatic carbocycles. The molecule has 0 amide bonds. The van der Waals surface area contributed by atoms with E-state index >= 15 is 0 Å². The van der Waals surface area contributed by atoms with Gasteiger partial charge in [0, 0.05) is 5.69 Å². The zero-order valence-corrected chi connectivity index (χ0v) is 15.9. The highest BCUT2D eigenvalue weighted by atomic mass is 32.2. The first-order chi connectivity index (χ1) is 14.0. The minimum atomic E-state index is -6.32. The molecular formula is C13H6F6N4O6S2.